The molecule has 1 fully saturated rings. The number of hydrogen-bond donors (Lipinski definition) is 1. The number of piperazine rings is 1. The third kappa shape index (κ3) is 5.12. The third-order valence-electron chi connectivity index (χ3n) is 4.32. The molecule has 2 aliphatic rings. The van der Waals surface area contributed by atoms with Crippen LogP contribution in [0.5, 0.6) is 0 Å². The van der Waals surface area contributed by atoms with E-state index >= 15 is 0 Å². The minimum atomic E-state index is 0. The lowest BCUT2D eigenvalue weighted by Gasteiger charge is -2.36. The molecule has 1 aromatic rings. The van der Waals surface area contributed by atoms with Crippen LogP contribution in [0.2, 0.25) is 5.02 Å². The van der Waals surface area contributed by atoms with Gasteiger partial charge in [-0.05, 0) is 18.2 Å². The van der Waals surface area contributed by atoms with E-state index in [9.17, 15) is 0 Å². The van der Waals surface area contributed by atoms with Crippen LogP contribution in [0.25, 0.3) is 0 Å². The van der Waals surface area contributed by atoms with Crippen molar-refractivity contribution in [2.75, 3.05) is 64.3 Å². The summed E-state index contributed by atoms with van der Waals surface area (Å²) in [6.07, 6.45) is 0. The summed E-state index contributed by atoms with van der Waals surface area (Å²) in [5.74, 6) is 1.04. The monoisotopic (exact) mass is 449 g/mol. The van der Waals surface area contributed by atoms with Gasteiger partial charge in [-0.1, -0.05) is 17.7 Å². The average molecular weight is 450 g/mol. The summed E-state index contributed by atoms with van der Waals surface area (Å²) in [5.41, 5.74) is 1.23. The Balaban J connectivity index is 0.00000192. The first-order chi connectivity index (χ1) is 10.7. The number of nitrogens with zero attached hydrogens (tertiary/aromatic N) is 4. The van der Waals surface area contributed by atoms with Crippen molar-refractivity contribution < 1.29 is 0 Å². The zero-order valence-corrected chi connectivity index (χ0v) is 16.6. The van der Waals surface area contributed by atoms with Crippen molar-refractivity contribution in [2.45, 2.75) is 0 Å². The van der Waals surface area contributed by atoms with E-state index in [0.717, 1.165) is 63.3 Å². The molecule has 1 saturated heterocycles. The summed E-state index contributed by atoms with van der Waals surface area (Å²) in [7, 11) is 2.09. The lowest BCUT2D eigenvalue weighted by molar-refractivity contribution is 0.261. The van der Waals surface area contributed by atoms with Gasteiger partial charge in [0.05, 0.1) is 6.54 Å². The lowest BCUT2D eigenvalue weighted by atomic mass is 10.2. The Morgan fingerprint density at radius 1 is 1.17 bits per heavy atom. The van der Waals surface area contributed by atoms with Gasteiger partial charge >= 0.3 is 0 Å². The maximum Gasteiger partial charge on any atom is 0.193 e. The number of benzene rings is 1. The van der Waals surface area contributed by atoms with E-state index in [0.29, 0.717) is 0 Å². The van der Waals surface area contributed by atoms with Crippen molar-refractivity contribution in [2.24, 2.45) is 4.99 Å². The van der Waals surface area contributed by atoms with Gasteiger partial charge in [0.1, 0.15) is 0 Å². The minimum absolute atomic E-state index is 0. The van der Waals surface area contributed by atoms with E-state index < -0.39 is 0 Å². The van der Waals surface area contributed by atoms with Gasteiger partial charge in [0.25, 0.3) is 0 Å². The molecule has 0 spiro atoms. The summed E-state index contributed by atoms with van der Waals surface area (Å²) in [6, 6.07) is 8.13. The van der Waals surface area contributed by atoms with Crippen molar-refractivity contribution in [3.8, 4) is 0 Å². The number of hydrogen-bond acceptors (Lipinski definition) is 5. The topological polar surface area (TPSA) is 34.1 Å². The van der Waals surface area contributed by atoms with Gasteiger partial charge in [0.2, 0.25) is 0 Å². The van der Waals surface area contributed by atoms with E-state index in [2.05, 4.69) is 38.1 Å². The molecule has 0 radical (unpaired) electrons. The third-order valence-corrected chi connectivity index (χ3v) is 4.55. The molecule has 0 aliphatic carbocycles. The highest BCUT2D eigenvalue weighted by Gasteiger charge is 2.17. The van der Waals surface area contributed by atoms with Crippen LogP contribution in [0.15, 0.2) is 29.3 Å². The van der Waals surface area contributed by atoms with Gasteiger partial charge in [-0.3, -0.25) is 9.89 Å². The smallest absolute Gasteiger partial charge is 0.193 e. The maximum atomic E-state index is 6.07. The molecule has 2 aliphatic heterocycles. The standard InChI is InChI=1S/C16H24ClN5.HI/c1-20-7-5-18-16(20)19-6-8-21-9-11-22(12-10-21)15-4-2-3-14(17)13-15;/h2-4,13H,5-12H2,1H3,(H,18,19);1H. The number of guanidine groups is 1. The predicted octanol–water partition coefficient (Wildman–Crippen LogP) is 1.97. The zero-order chi connectivity index (χ0) is 15.4. The van der Waals surface area contributed by atoms with Crippen molar-refractivity contribution in [1.29, 1.82) is 0 Å². The van der Waals surface area contributed by atoms with Gasteiger partial charge in [0, 0.05) is 63.6 Å². The Bertz CT molecular complexity index is 531. The highest BCUT2D eigenvalue weighted by molar-refractivity contribution is 14.0. The van der Waals surface area contributed by atoms with Crippen LogP contribution < -0.4 is 10.2 Å². The molecular weight excluding hydrogens is 425 g/mol. The van der Waals surface area contributed by atoms with Crippen molar-refractivity contribution >= 4 is 47.2 Å². The second kappa shape index (κ2) is 8.94. The normalized spacial score (nSPS) is 18.6. The van der Waals surface area contributed by atoms with Crippen molar-refractivity contribution in [1.82, 2.24) is 15.1 Å². The summed E-state index contributed by atoms with van der Waals surface area (Å²) in [5, 5.41) is 4.24. The van der Waals surface area contributed by atoms with Gasteiger partial charge in [-0.15, -0.1) is 24.0 Å². The SMILES string of the molecule is CN1CCN=C1NCCN1CCN(c2cccc(Cl)c2)CC1.I. The van der Waals surface area contributed by atoms with Crippen molar-refractivity contribution in [3.05, 3.63) is 29.3 Å². The molecule has 0 atom stereocenters. The average Bonchev–Trinajstić information content (AvgIpc) is 2.93. The molecule has 0 bridgehead atoms. The van der Waals surface area contributed by atoms with E-state index in [4.69, 9.17) is 11.6 Å². The highest BCUT2D eigenvalue weighted by Crippen LogP contribution is 2.20. The molecule has 5 nitrogen and oxygen atoms in total. The van der Waals surface area contributed by atoms with Crippen LogP contribution in [0.3, 0.4) is 0 Å². The minimum Gasteiger partial charge on any atom is -0.369 e. The predicted molar refractivity (Wildman–Crippen MR) is 108 cm³/mol. The van der Waals surface area contributed by atoms with E-state index in [1.807, 2.05) is 18.2 Å². The molecule has 0 amide bonds. The second-order valence-electron chi connectivity index (χ2n) is 5.86. The zero-order valence-electron chi connectivity index (χ0n) is 13.5. The number of halogens is 2. The quantitative estimate of drug-likeness (QED) is 0.713. The van der Waals surface area contributed by atoms with Crippen LogP contribution in [0.4, 0.5) is 5.69 Å². The molecule has 0 aromatic heterocycles. The Kier molecular flexibility index (Phi) is 7.23. The number of likely N-dealkylation sites (N-methyl/N-ethyl adjacent to an activating group) is 1. The first-order valence-corrected chi connectivity index (χ1v) is 8.32. The van der Waals surface area contributed by atoms with E-state index in [1.54, 1.807) is 0 Å². The molecule has 2 heterocycles. The summed E-state index contributed by atoms with van der Waals surface area (Å²) in [6.45, 7) is 8.27. The molecule has 1 aromatic carbocycles. The van der Waals surface area contributed by atoms with Crippen LogP contribution >= 0.6 is 35.6 Å². The fraction of sp³-hybridized carbons (Fsp3) is 0.562. The maximum absolute atomic E-state index is 6.07. The van der Waals surface area contributed by atoms with Crippen LogP contribution in [-0.2, 0) is 0 Å². The number of anilines is 1. The number of rotatable bonds is 4. The van der Waals surface area contributed by atoms with Gasteiger partial charge in [0.15, 0.2) is 5.96 Å². The molecule has 7 heteroatoms. The van der Waals surface area contributed by atoms with E-state index in [-0.39, 0.29) is 24.0 Å². The second-order valence-corrected chi connectivity index (χ2v) is 6.30. The van der Waals surface area contributed by atoms with Gasteiger partial charge < -0.3 is 15.1 Å². The fourth-order valence-electron chi connectivity index (χ4n) is 2.95. The van der Waals surface area contributed by atoms with Gasteiger partial charge in [-0.25, -0.2) is 0 Å². The van der Waals surface area contributed by atoms with Crippen LogP contribution in [-0.4, -0.2) is 75.2 Å². The number of nitrogens with one attached hydrogen (secondary N) is 1. The molecule has 128 valence electrons. The molecular formula is C16H25ClIN5. The Hall–Kier alpha value is -0.730. The Morgan fingerprint density at radius 2 is 1.96 bits per heavy atom. The molecule has 23 heavy (non-hydrogen) atoms. The van der Waals surface area contributed by atoms with Crippen molar-refractivity contribution in [3.63, 3.8) is 0 Å². The largest absolute Gasteiger partial charge is 0.369 e. The van der Waals surface area contributed by atoms with Crippen LogP contribution in [0, 0.1) is 0 Å². The number of aliphatic imine (C=N–C) groups is 1. The molecule has 3 rings (SSSR count). The summed E-state index contributed by atoms with van der Waals surface area (Å²) < 4.78 is 0. The Morgan fingerprint density at radius 3 is 2.61 bits per heavy atom. The summed E-state index contributed by atoms with van der Waals surface area (Å²) >= 11 is 6.07. The summed E-state index contributed by atoms with van der Waals surface area (Å²) in [4.78, 5) is 11.5. The van der Waals surface area contributed by atoms with Crippen LogP contribution in [0.1, 0.15) is 0 Å². The first-order valence-electron chi connectivity index (χ1n) is 7.95. The fourth-order valence-corrected chi connectivity index (χ4v) is 3.14. The molecule has 0 unspecified atom stereocenters. The highest BCUT2D eigenvalue weighted by atomic mass is 127. The molecule has 1 N–H and O–H groups in total. The van der Waals surface area contributed by atoms with Gasteiger partial charge in [-0.2, -0.15) is 0 Å². The Labute approximate surface area is 160 Å². The van der Waals surface area contributed by atoms with E-state index in [1.165, 1.54) is 5.69 Å². The molecule has 0 saturated carbocycles. The first kappa shape index (κ1) is 18.6. The lowest BCUT2D eigenvalue weighted by Crippen LogP contribution is -2.49.